The van der Waals surface area contributed by atoms with Gasteiger partial charge in [-0.2, -0.15) is 0 Å². The van der Waals surface area contributed by atoms with Crippen LogP contribution in [0.2, 0.25) is 0 Å². The Hall–Kier alpha value is -5.64. The van der Waals surface area contributed by atoms with Gasteiger partial charge in [-0.15, -0.1) is 0 Å². The number of carbonyl (C=O) groups excluding carboxylic acids is 7. The van der Waals surface area contributed by atoms with Crippen molar-refractivity contribution in [2.45, 2.75) is 180 Å². The summed E-state index contributed by atoms with van der Waals surface area (Å²) in [5.74, 6) is -4.40. The molecule has 0 bridgehead atoms. The van der Waals surface area contributed by atoms with Crippen LogP contribution in [-0.2, 0) is 51.2 Å². The van der Waals surface area contributed by atoms with Crippen LogP contribution < -0.4 is 38.1 Å². The van der Waals surface area contributed by atoms with Crippen molar-refractivity contribution >= 4 is 47.7 Å². The van der Waals surface area contributed by atoms with Crippen LogP contribution in [0, 0.1) is 11.8 Å². The number of carboxylic acid groups (broad SMARTS) is 1. The molecule has 16 heteroatoms. The highest BCUT2D eigenvalue weighted by Gasteiger charge is 2.31. The molecule has 0 saturated carbocycles. The van der Waals surface area contributed by atoms with Crippen LogP contribution in [-0.4, -0.2) is 89.1 Å². The van der Waals surface area contributed by atoms with E-state index >= 15 is 0 Å². The van der Waals surface area contributed by atoms with Gasteiger partial charge in [0.1, 0.15) is 30.5 Å². The topological polar surface area (TPSA) is 269 Å². The van der Waals surface area contributed by atoms with E-state index in [9.17, 15) is 43.5 Å². The predicted molar refractivity (Wildman–Crippen MR) is 254 cm³/mol. The van der Waals surface area contributed by atoms with Gasteiger partial charge in [0, 0.05) is 31.7 Å². The van der Waals surface area contributed by atoms with Crippen LogP contribution in [0.3, 0.4) is 0 Å². The van der Waals surface area contributed by atoms with E-state index in [0.717, 1.165) is 68.8 Å². The van der Waals surface area contributed by atoms with E-state index in [1.54, 1.807) is 24.3 Å². The van der Waals surface area contributed by atoms with Crippen LogP contribution in [0.4, 0.5) is 0 Å². The molecule has 2 rings (SSSR count). The van der Waals surface area contributed by atoms with Crippen molar-refractivity contribution in [1.29, 1.82) is 0 Å². The average Bonchev–Trinajstić information content (AvgIpc) is 3.25. The number of amides is 6. The van der Waals surface area contributed by atoms with Crippen LogP contribution in [0.15, 0.2) is 60.7 Å². The predicted octanol–water partition coefficient (Wildman–Crippen LogP) is 4.55. The summed E-state index contributed by atoms with van der Waals surface area (Å²) in [6, 6.07) is 12.9. The second-order valence-corrected chi connectivity index (χ2v) is 18.2. The number of nitrogens with one attached hydrogen (secondary N) is 5. The lowest BCUT2D eigenvalue weighted by atomic mass is 9.98. The number of rotatable bonds is 36. The Kier molecular flexibility index (Phi) is 27.5. The van der Waals surface area contributed by atoms with Gasteiger partial charge < -0.3 is 48.0 Å². The van der Waals surface area contributed by atoms with E-state index in [1.807, 2.05) is 64.1 Å². The lowest BCUT2D eigenvalue weighted by Gasteiger charge is -2.26. The summed E-state index contributed by atoms with van der Waals surface area (Å²) in [5, 5.41) is 24.2. The van der Waals surface area contributed by atoms with Crippen LogP contribution in [0.25, 0.3) is 0 Å². The Bertz CT molecular complexity index is 1790. The SMILES string of the molecule is CC(C)C[C@H](NC(=O)CCCCCCCC(CCCCCCC=O)N[C@@H](CC(N)=O)C(=O)N[C@@H](Cc1ccccc1)C(=O)O)C(=O)N[C@@H](CC(C)C)C(=O)N[C@@H](Cc1ccccc1)C(N)=O. The van der Waals surface area contributed by atoms with Crippen molar-refractivity contribution in [3.05, 3.63) is 71.8 Å². The Morgan fingerprint density at radius 3 is 1.48 bits per heavy atom. The van der Waals surface area contributed by atoms with E-state index in [4.69, 9.17) is 11.5 Å². The molecular weight excluding hydrogens is 843 g/mol. The molecule has 6 amide bonds. The first-order valence-corrected chi connectivity index (χ1v) is 23.8. The maximum absolute atomic E-state index is 13.7. The Morgan fingerprint density at radius 2 is 1.00 bits per heavy atom. The molecule has 0 heterocycles. The number of unbranched alkanes of at least 4 members (excludes halogenated alkanes) is 8. The number of carbonyl (C=O) groups is 8. The fourth-order valence-corrected chi connectivity index (χ4v) is 7.81. The molecule has 1 unspecified atom stereocenters. The van der Waals surface area contributed by atoms with Gasteiger partial charge in [-0.3, -0.25) is 28.8 Å². The first-order valence-electron chi connectivity index (χ1n) is 23.8. The highest BCUT2D eigenvalue weighted by atomic mass is 16.4. The average molecular weight is 920 g/mol. The smallest absolute Gasteiger partial charge is 0.326 e. The Balaban J connectivity index is 1.97. The van der Waals surface area contributed by atoms with E-state index in [1.165, 1.54) is 0 Å². The number of hydrogen-bond donors (Lipinski definition) is 8. The zero-order chi connectivity index (χ0) is 48.9. The molecule has 0 saturated heterocycles. The Labute approximate surface area is 391 Å². The Morgan fingerprint density at radius 1 is 0.561 bits per heavy atom. The third kappa shape index (κ3) is 24.6. The monoisotopic (exact) mass is 920 g/mol. The van der Waals surface area contributed by atoms with Crippen molar-refractivity contribution in [2.75, 3.05) is 0 Å². The summed E-state index contributed by atoms with van der Waals surface area (Å²) in [6.07, 6.45) is 10.8. The van der Waals surface area contributed by atoms with Gasteiger partial charge in [-0.25, -0.2) is 4.79 Å². The molecule has 366 valence electrons. The van der Waals surface area contributed by atoms with Crippen molar-refractivity contribution < 1.29 is 43.5 Å². The highest BCUT2D eigenvalue weighted by molar-refractivity contribution is 5.94. The number of benzene rings is 2. The van der Waals surface area contributed by atoms with E-state index < -0.39 is 65.7 Å². The van der Waals surface area contributed by atoms with Crippen LogP contribution in [0.1, 0.15) is 142 Å². The number of hydrogen-bond acceptors (Lipinski definition) is 9. The molecule has 0 aliphatic rings. The number of primary amides is 2. The van der Waals surface area contributed by atoms with Crippen molar-refractivity contribution in [3.63, 3.8) is 0 Å². The first kappa shape index (κ1) is 56.5. The maximum atomic E-state index is 13.7. The van der Waals surface area contributed by atoms with Gasteiger partial charge in [0.05, 0.1) is 12.5 Å². The summed E-state index contributed by atoms with van der Waals surface area (Å²) < 4.78 is 0. The lowest BCUT2D eigenvalue weighted by molar-refractivity contribution is -0.142. The van der Waals surface area contributed by atoms with E-state index in [2.05, 4.69) is 26.6 Å². The molecule has 0 fully saturated rings. The fraction of sp³-hybridized carbons (Fsp3) is 0.600. The first-order chi connectivity index (χ1) is 31.5. The molecule has 2 aromatic carbocycles. The third-order valence-electron chi connectivity index (χ3n) is 11.3. The molecule has 0 aromatic heterocycles. The molecule has 6 atom stereocenters. The summed E-state index contributed by atoms with van der Waals surface area (Å²) in [5.41, 5.74) is 12.8. The summed E-state index contributed by atoms with van der Waals surface area (Å²) >= 11 is 0. The van der Waals surface area contributed by atoms with E-state index in [0.29, 0.717) is 38.5 Å². The minimum absolute atomic E-state index is 0.0293. The van der Waals surface area contributed by atoms with Gasteiger partial charge in [0.15, 0.2) is 0 Å². The van der Waals surface area contributed by atoms with E-state index in [-0.39, 0.29) is 49.5 Å². The van der Waals surface area contributed by atoms with Crippen molar-refractivity contribution in [1.82, 2.24) is 26.6 Å². The zero-order valence-electron chi connectivity index (χ0n) is 39.6. The van der Waals surface area contributed by atoms with Crippen LogP contribution in [0.5, 0.6) is 0 Å². The number of aldehydes is 1. The van der Waals surface area contributed by atoms with Gasteiger partial charge >= 0.3 is 5.97 Å². The van der Waals surface area contributed by atoms with Crippen molar-refractivity contribution in [2.24, 2.45) is 23.3 Å². The fourth-order valence-electron chi connectivity index (χ4n) is 7.81. The molecular formula is C50H77N7O9. The van der Waals surface area contributed by atoms with Gasteiger partial charge in [-0.1, -0.05) is 133 Å². The normalized spacial score (nSPS) is 14.0. The maximum Gasteiger partial charge on any atom is 0.326 e. The number of nitrogens with two attached hydrogens (primary N) is 2. The summed E-state index contributed by atoms with van der Waals surface area (Å²) in [6.45, 7) is 7.72. The van der Waals surface area contributed by atoms with Gasteiger partial charge in [0.2, 0.25) is 35.4 Å². The van der Waals surface area contributed by atoms with Crippen molar-refractivity contribution in [3.8, 4) is 0 Å². The number of aliphatic carboxylic acids is 1. The molecule has 0 spiro atoms. The van der Waals surface area contributed by atoms with Crippen LogP contribution >= 0.6 is 0 Å². The highest BCUT2D eigenvalue weighted by Crippen LogP contribution is 2.17. The second-order valence-electron chi connectivity index (χ2n) is 18.2. The molecule has 2 aromatic rings. The molecule has 0 aliphatic heterocycles. The quantitative estimate of drug-likeness (QED) is 0.0349. The molecule has 0 radical (unpaired) electrons. The van der Waals surface area contributed by atoms with Gasteiger partial charge in [-0.05, 0) is 61.5 Å². The largest absolute Gasteiger partial charge is 0.480 e. The molecule has 10 N–H and O–H groups in total. The third-order valence-corrected chi connectivity index (χ3v) is 11.3. The minimum Gasteiger partial charge on any atom is -0.480 e. The molecule has 0 aliphatic carbocycles. The lowest BCUT2D eigenvalue weighted by Crippen LogP contribution is -2.57. The molecule has 16 nitrogen and oxygen atoms in total. The summed E-state index contributed by atoms with van der Waals surface area (Å²) in [7, 11) is 0. The minimum atomic E-state index is -1.21. The zero-order valence-corrected chi connectivity index (χ0v) is 39.6. The molecule has 66 heavy (non-hydrogen) atoms. The summed E-state index contributed by atoms with van der Waals surface area (Å²) in [4.78, 5) is 101. The van der Waals surface area contributed by atoms with Gasteiger partial charge in [0.25, 0.3) is 0 Å². The standard InChI is InChI=1S/C50H77N7O9/c1-34(2)29-40(47(62)56-41(30-35(3)4)48(63)55-39(46(52)61)31-36-21-13-11-14-22-36)54-45(60)27-19-9-5-7-17-25-38(26-18-8-6-10-20-28-58)53-42(33-44(51)59)49(64)57-43(50(65)66)32-37-23-15-12-16-24-37/h11-16,21-24,28,34-35,38-43,53H,5-10,17-20,25-27,29-33H2,1-4H3,(H2,51,59)(H2,52,61)(H,54,60)(H,55,63)(H,56,62)(H,57,64)(H,65,66)/t38?,39-,40-,41-,42-,43-/m0/s1. The second kappa shape index (κ2) is 32.1. The number of carboxylic acids is 1.